The van der Waals surface area contributed by atoms with Gasteiger partial charge >= 0.3 is 0 Å². The molecule has 106 valence electrons. The van der Waals surface area contributed by atoms with Gasteiger partial charge in [0.1, 0.15) is 5.60 Å². The molecular weight excluding hydrogens is 246 g/mol. The lowest BCUT2D eigenvalue weighted by atomic mass is 9.76. The Hall–Kier alpha value is -1.64. The standard InChI is InChI=1S/C18H23NO/c1-13-4-8-16(9-5-13)18(20,15(3)12-19)17-10-6-14(2)7-11-17/h4-11,15,20H,12,19H2,1-3H3. The molecule has 0 amide bonds. The van der Waals surface area contributed by atoms with Crippen molar-refractivity contribution in [2.24, 2.45) is 11.7 Å². The van der Waals surface area contributed by atoms with E-state index in [2.05, 4.69) is 0 Å². The number of rotatable bonds is 4. The summed E-state index contributed by atoms with van der Waals surface area (Å²) >= 11 is 0. The molecule has 0 spiro atoms. The molecule has 0 aliphatic carbocycles. The third-order valence-corrected chi connectivity index (χ3v) is 4.05. The van der Waals surface area contributed by atoms with Gasteiger partial charge in [0, 0.05) is 5.92 Å². The highest BCUT2D eigenvalue weighted by Gasteiger charge is 2.36. The Morgan fingerprint density at radius 2 is 1.25 bits per heavy atom. The molecule has 1 unspecified atom stereocenters. The zero-order valence-corrected chi connectivity index (χ0v) is 12.4. The van der Waals surface area contributed by atoms with E-state index in [4.69, 9.17) is 5.73 Å². The molecule has 2 heteroatoms. The van der Waals surface area contributed by atoms with Crippen molar-refractivity contribution in [2.75, 3.05) is 6.54 Å². The maximum absolute atomic E-state index is 11.3. The number of aryl methyl sites for hydroxylation is 2. The minimum Gasteiger partial charge on any atom is -0.380 e. The lowest BCUT2D eigenvalue weighted by molar-refractivity contribution is 0.0276. The SMILES string of the molecule is Cc1ccc(C(O)(c2ccc(C)cc2)C(C)CN)cc1. The van der Waals surface area contributed by atoms with Crippen molar-refractivity contribution in [3.05, 3.63) is 70.8 Å². The smallest absolute Gasteiger partial charge is 0.118 e. The number of hydrogen-bond acceptors (Lipinski definition) is 2. The highest BCUT2D eigenvalue weighted by Crippen LogP contribution is 2.36. The van der Waals surface area contributed by atoms with Crippen LogP contribution in [0.4, 0.5) is 0 Å². The van der Waals surface area contributed by atoms with Crippen molar-refractivity contribution in [3.63, 3.8) is 0 Å². The molecule has 2 nitrogen and oxygen atoms in total. The van der Waals surface area contributed by atoms with Gasteiger partial charge in [-0.3, -0.25) is 0 Å². The van der Waals surface area contributed by atoms with E-state index in [1.54, 1.807) is 0 Å². The van der Waals surface area contributed by atoms with E-state index < -0.39 is 5.60 Å². The van der Waals surface area contributed by atoms with Crippen molar-refractivity contribution in [2.45, 2.75) is 26.4 Å². The molecule has 0 aliphatic rings. The Bertz CT molecular complexity index is 511. The molecular formula is C18H23NO. The topological polar surface area (TPSA) is 46.2 Å². The second-order valence-electron chi connectivity index (χ2n) is 5.64. The molecule has 2 aromatic rings. The van der Waals surface area contributed by atoms with Crippen molar-refractivity contribution < 1.29 is 5.11 Å². The summed E-state index contributed by atoms with van der Waals surface area (Å²) in [6.45, 7) is 6.50. The minimum absolute atomic E-state index is 0.0621. The van der Waals surface area contributed by atoms with Gasteiger partial charge in [-0.25, -0.2) is 0 Å². The lowest BCUT2D eigenvalue weighted by Crippen LogP contribution is -2.38. The van der Waals surface area contributed by atoms with Crippen LogP contribution in [0, 0.1) is 19.8 Å². The van der Waals surface area contributed by atoms with E-state index in [-0.39, 0.29) is 5.92 Å². The third kappa shape index (κ3) is 2.62. The average molecular weight is 269 g/mol. The zero-order valence-electron chi connectivity index (χ0n) is 12.4. The van der Waals surface area contributed by atoms with Crippen LogP contribution in [0.3, 0.4) is 0 Å². The molecule has 2 aromatic carbocycles. The van der Waals surface area contributed by atoms with E-state index in [9.17, 15) is 5.11 Å². The van der Waals surface area contributed by atoms with Crippen LogP contribution in [0.25, 0.3) is 0 Å². The van der Waals surface area contributed by atoms with Gasteiger partial charge < -0.3 is 10.8 Å². The van der Waals surface area contributed by atoms with Crippen LogP contribution >= 0.6 is 0 Å². The second kappa shape index (κ2) is 5.78. The van der Waals surface area contributed by atoms with Crippen LogP contribution in [0.1, 0.15) is 29.2 Å². The van der Waals surface area contributed by atoms with Gasteiger partial charge in [0.15, 0.2) is 0 Å². The molecule has 0 aromatic heterocycles. The van der Waals surface area contributed by atoms with E-state index in [1.165, 1.54) is 11.1 Å². The van der Waals surface area contributed by atoms with Crippen LogP contribution in [-0.2, 0) is 5.60 Å². The van der Waals surface area contributed by atoms with Crippen LogP contribution in [0.15, 0.2) is 48.5 Å². The molecule has 0 aliphatic heterocycles. The molecule has 0 radical (unpaired) electrons. The summed E-state index contributed by atoms with van der Waals surface area (Å²) in [5.74, 6) is -0.0621. The summed E-state index contributed by atoms with van der Waals surface area (Å²) in [4.78, 5) is 0. The van der Waals surface area contributed by atoms with Crippen molar-refractivity contribution >= 4 is 0 Å². The summed E-state index contributed by atoms with van der Waals surface area (Å²) in [5, 5.41) is 11.3. The van der Waals surface area contributed by atoms with Gasteiger partial charge in [0.2, 0.25) is 0 Å². The van der Waals surface area contributed by atoms with Crippen LogP contribution in [0.5, 0.6) is 0 Å². The summed E-state index contributed by atoms with van der Waals surface area (Å²) in [6, 6.07) is 16.1. The van der Waals surface area contributed by atoms with Gasteiger partial charge in [-0.1, -0.05) is 66.6 Å². The molecule has 2 rings (SSSR count). The van der Waals surface area contributed by atoms with Crippen molar-refractivity contribution in [3.8, 4) is 0 Å². The predicted molar refractivity (Wildman–Crippen MR) is 83.6 cm³/mol. The first-order chi connectivity index (χ1) is 9.48. The highest BCUT2D eigenvalue weighted by molar-refractivity contribution is 5.39. The molecule has 0 saturated carbocycles. The molecule has 20 heavy (non-hydrogen) atoms. The van der Waals surface area contributed by atoms with Gasteiger partial charge in [0.05, 0.1) is 0 Å². The highest BCUT2D eigenvalue weighted by atomic mass is 16.3. The zero-order chi connectivity index (χ0) is 14.8. The third-order valence-electron chi connectivity index (χ3n) is 4.05. The maximum atomic E-state index is 11.3. The van der Waals surface area contributed by atoms with Crippen molar-refractivity contribution in [1.82, 2.24) is 0 Å². The Morgan fingerprint density at radius 1 is 0.900 bits per heavy atom. The molecule has 0 heterocycles. The lowest BCUT2D eigenvalue weighted by Gasteiger charge is -2.35. The van der Waals surface area contributed by atoms with Crippen LogP contribution in [-0.4, -0.2) is 11.7 Å². The molecule has 0 saturated heterocycles. The quantitative estimate of drug-likeness (QED) is 0.895. The number of hydrogen-bond donors (Lipinski definition) is 2. The Balaban J connectivity index is 2.55. The second-order valence-corrected chi connectivity index (χ2v) is 5.64. The Kier molecular flexibility index (Phi) is 4.26. The fourth-order valence-corrected chi connectivity index (χ4v) is 2.52. The first kappa shape index (κ1) is 14.8. The van der Waals surface area contributed by atoms with Gasteiger partial charge in [0.25, 0.3) is 0 Å². The first-order valence-electron chi connectivity index (χ1n) is 7.05. The summed E-state index contributed by atoms with van der Waals surface area (Å²) in [7, 11) is 0. The fraction of sp³-hybridized carbons (Fsp3) is 0.333. The van der Waals surface area contributed by atoms with E-state index >= 15 is 0 Å². The fourth-order valence-electron chi connectivity index (χ4n) is 2.52. The van der Waals surface area contributed by atoms with Gasteiger partial charge in [-0.2, -0.15) is 0 Å². The van der Waals surface area contributed by atoms with E-state index in [1.807, 2.05) is 69.3 Å². The monoisotopic (exact) mass is 269 g/mol. The molecule has 0 bridgehead atoms. The van der Waals surface area contributed by atoms with E-state index in [0.29, 0.717) is 6.54 Å². The Labute approximate surface area is 121 Å². The molecule has 0 fully saturated rings. The minimum atomic E-state index is -1.05. The first-order valence-corrected chi connectivity index (χ1v) is 7.05. The number of benzene rings is 2. The number of aliphatic hydroxyl groups is 1. The normalized spacial score (nSPS) is 13.2. The van der Waals surface area contributed by atoms with Gasteiger partial charge in [-0.05, 0) is 31.5 Å². The summed E-state index contributed by atoms with van der Waals surface area (Å²) in [6.07, 6.45) is 0. The molecule has 3 N–H and O–H groups in total. The van der Waals surface area contributed by atoms with E-state index in [0.717, 1.165) is 11.1 Å². The summed E-state index contributed by atoms with van der Waals surface area (Å²) in [5.41, 5.74) is 8.94. The summed E-state index contributed by atoms with van der Waals surface area (Å²) < 4.78 is 0. The Morgan fingerprint density at radius 3 is 1.55 bits per heavy atom. The van der Waals surface area contributed by atoms with Crippen molar-refractivity contribution in [1.29, 1.82) is 0 Å². The van der Waals surface area contributed by atoms with Gasteiger partial charge in [-0.15, -0.1) is 0 Å². The number of nitrogens with two attached hydrogens (primary N) is 1. The van der Waals surface area contributed by atoms with Crippen LogP contribution < -0.4 is 5.73 Å². The van der Waals surface area contributed by atoms with Crippen LogP contribution in [0.2, 0.25) is 0 Å². The average Bonchev–Trinajstić information content (AvgIpc) is 2.47. The largest absolute Gasteiger partial charge is 0.380 e. The molecule has 1 atom stereocenters. The maximum Gasteiger partial charge on any atom is 0.118 e. The predicted octanol–water partition coefficient (Wildman–Crippen LogP) is 3.13.